The highest BCUT2D eigenvalue weighted by atomic mass is 16.6. The van der Waals surface area contributed by atoms with Crippen LogP contribution in [0.4, 0.5) is 11.4 Å². The van der Waals surface area contributed by atoms with E-state index in [2.05, 4.69) is 9.97 Å². The van der Waals surface area contributed by atoms with Crippen molar-refractivity contribution in [3.8, 4) is 6.07 Å². The molecule has 174 valence electrons. The Hall–Kier alpha value is -4.39. The van der Waals surface area contributed by atoms with E-state index in [4.69, 9.17) is 4.74 Å². The van der Waals surface area contributed by atoms with Crippen molar-refractivity contribution in [2.24, 2.45) is 0 Å². The number of nitro groups is 1. The third kappa shape index (κ3) is 4.83. The summed E-state index contributed by atoms with van der Waals surface area (Å²) >= 11 is 0. The van der Waals surface area contributed by atoms with Gasteiger partial charge in [0.1, 0.15) is 23.9 Å². The highest BCUT2D eigenvalue weighted by molar-refractivity contribution is 5.92. The van der Waals surface area contributed by atoms with Crippen molar-refractivity contribution in [3.63, 3.8) is 0 Å². The molecule has 10 heteroatoms. The molecule has 10 nitrogen and oxygen atoms in total. The third-order valence-corrected chi connectivity index (χ3v) is 5.72. The first-order valence-corrected chi connectivity index (χ1v) is 11.0. The Labute approximate surface area is 195 Å². The molecule has 0 bridgehead atoms. The molecule has 3 aromatic rings. The smallest absolute Gasteiger partial charge is 0.338 e. The minimum absolute atomic E-state index is 0.0136. The van der Waals surface area contributed by atoms with Crippen molar-refractivity contribution in [3.05, 3.63) is 69.7 Å². The van der Waals surface area contributed by atoms with E-state index in [0.717, 1.165) is 38.8 Å². The summed E-state index contributed by atoms with van der Waals surface area (Å²) in [5, 5.41) is 31.5. The Kier molecular flexibility index (Phi) is 6.73. The van der Waals surface area contributed by atoms with E-state index < -0.39 is 23.3 Å². The summed E-state index contributed by atoms with van der Waals surface area (Å²) in [5.41, 5.74) is 1.43. The van der Waals surface area contributed by atoms with Crippen LogP contribution in [0, 0.1) is 21.4 Å². The molecule has 2 N–H and O–H groups in total. The molecule has 1 aliphatic heterocycles. The summed E-state index contributed by atoms with van der Waals surface area (Å²) in [6.07, 6.45) is 4.09. The summed E-state index contributed by atoms with van der Waals surface area (Å²) in [7, 11) is 0. The van der Waals surface area contributed by atoms with Crippen LogP contribution in [0.15, 0.2) is 48.2 Å². The molecule has 0 amide bonds. The molecule has 34 heavy (non-hydrogen) atoms. The number of aliphatic hydroxyl groups is 1. The second-order valence-corrected chi connectivity index (χ2v) is 7.97. The second-order valence-electron chi connectivity index (χ2n) is 7.97. The van der Waals surface area contributed by atoms with Crippen molar-refractivity contribution < 1.29 is 19.6 Å². The van der Waals surface area contributed by atoms with Crippen molar-refractivity contribution in [1.29, 1.82) is 5.26 Å². The van der Waals surface area contributed by atoms with Crippen molar-refractivity contribution >= 4 is 34.0 Å². The van der Waals surface area contributed by atoms with Crippen LogP contribution in [-0.4, -0.2) is 45.7 Å². The molecule has 0 aliphatic carbocycles. The highest BCUT2D eigenvalue weighted by Crippen LogP contribution is 2.31. The summed E-state index contributed by atoms with van der Waals surface area (Å²) in [6.45, 7) is 0.866. The first-order valence-electron chi connectivity index (χ1n) is 11.0. The van der Waals surface area contributed by atoms with Gasteiger partial charge in [0.05, 0.1) is 21.5 Å². The molecule has 1 fully saturated rings. The lowest BCUT2D eigenvalue weighted by Gasteiger charge is -2.22. The van der Waals surface area contributed by atoms with E-state index in [-0.39, 0.29) is 22.6 Å². The van der Waals surface area contributed by atoms with Crippen molar-refractivity contribution in [1.82, 2.24) is 9.97 Å². The van der Waals surface area contributed by atoms with Crippen LogP contribution in [0.1, 0.15) is 41.9 Å². The lowest BCUT2D eigenvalue weighted by atomic mass is 10.1. The van der Waals surface area contributed by atoms with Gasteiger partial charge < -0.3 is 19.7 Å². The number of allylic oxidation sites excluding steroid dienone is 1. The van der Waals surface area contributed by atoms with Gasteiger partial charge in [-0.05, 0) is 37.1 Å². The number of aromatic amines is 1. The van der Waals surface area contributed by atoms with Gasteiger partial charge in [0.25, 0.3) is 5.69 Å². The second kappa shape index (κ2) is 10.0. The lowest BCUT2D eigenvalue weighted by molar-refractivity contribution is -0.384. The molecule has 0 spiro atoms. The van der Waals surface area contributed by atoms with Crippen LogP contribution < -0.4 is 4.90 Å². The van der Waals surface area contributed by atoms with Gasteiger partial charge in [0, 0.05) is 19.2 Å². The number of fused-ring (bicyclic) bond motifs is 1. The molecule has 0 radical (unpaired) electrons. The number of imidazole rings is 1. The van der Waals surface area contributed by atoms with Crippen LogP contribution in [0.2, 0.25) is 0 Å². The zero-order valence-corrected chi connectivity index (χ0v) is 18.4. The first kappa shape index (κ1) is 22.8. The van der Waals surface area contributed by atoms with Gasteiger partial charge in [0.2, 0.25) is 0 Å². The average molecular weight is 461 g/mol. The van der Waals surface area contributed by atoms with Gasteiger partial charge in [-0.25, -0.2) is 9.78 Å². The maximum Gasteiger partial charge on any atom is 0.338 e. The number of hydrogen-bond donors (Lipinski definition) is 2. The number of H-pyrrole nitrogens is 1. The summed E-state index contributed by atoms with van der Waals surface area (Å²) in [6, 6.07) is 13.2. The molecule has 4 rings (SSSR count). The largest absolute Gasteiger partial charge is 0.507 e. The zero-order valence-electron chi connectivity index (χ0n) is 18.4. The Balaban J connectivity index is 1.52. The highest BCUT2D eigenvalue weighted by Gasteiger charge is 2.23. The van der Waals surface area contributed by atoms with Crippen LogP contribution in [0.3, 0.4) is 0 Å². The minimum atomic E-state index is -0.848. The predicted octanol–water partition coefficient (Wildman–Crippen LogP) is 4.50. The molecule has 1 saturated heterocycles. The number of hydrogen-bond acceptors (Lipinski definition) is 8. The van der Waals surface area contributed by atoms with Gasteiger partial charge >= 0.3 is 5.97 Å². The van der Waals surface area contributed by atoms with Crippen LogP contribution >= 0.6 is 0 Å². The van der Waals surface area contributed by atoms with Crippen molar-refractivity contribution in [2.45, 2.75) is 25.7 Å². The van der Waals surface area contributed by atoms with Crippen LogP contribution in [-0.2, 0) is 4.74 Å². The predicted molar refractivity (Wildman–Crippen MR) is 125 cm³/mol. The number of ether oxygens (including phenoxy) is 1. The van der Waals surface area contributed by atoms with E-state index in [1.165, 1.54) is 12.1 Å². The summed E-state index contributed by atoms with van der Waals surface area (Å²) in [5.74, 6) is -1.18. The minimum Gasteiger partial charge on any atom is -0.507 e. The lowest BCUT2D eigenvalue weighted by Crippen LogP contribution is -2.25. The number of carbonyl (C=O) groups is 1. The molecule has 1 aliphatic rings. The number of aromatic nitrogens is 2. The number of para-hydroxylation sites is 2. The summed E-state index contributed by atoms with van der Waals surface area (Å²) in [4.78, 5) is 32.9. The normalized spacial score (nSPS) is 14.7. The molecule has 2 heterocycles. The quantitative estimate of drug-likeness (QED) is 0.179. The van der Waals surface area contributed by atoms with Gasteiger partial charge in [-0.2, -0.15) is 5.26 Å². The van der Waals surface area contributed by atoms with Gasteiger partial charge in [-0.1, -0.05) is 25.0 Å². The number of benzene rings is 2. The van der Waals surface area contributed by atoms with E-state index in [1.807, 2.05) is 11.0 Å². The fourth-order valence-corrected chi connectivity index (χ4v) is 3.99. The Morgan fingerprint density at radius 2 is 1.94 bits per heavy atom. The molecule has 2 aromatic carbocycles. The number of nitriles is 1. The van der Waals surface area contributed by atoms with Gasteiger partial charge in [0.15, 0.2) is 11.6 Å². The first-order chi connectivity index (χ1) is 16.5. The summed E-state index contributed by atoms with van der Waals surface area (Å²) < 4.78 is 5.13. The number of aliphatic hydroxyl groups excluding tert-OH is 1. The number of nitrogens with one attached hydrogen (secondary N) is 1. The van der Waals surface area contributed by atoms with Crippen molar-refractivity contribution in [2.75, 3.05) is 24.6 Å². The van der Waals surface area contributed by atoms with Crippen LogP contribution in [0.25, 0.3) is 16.6 Å². The maximum absolute atomic E-state index is 12.6. The number of nitrogens with zero attached hydrogens (tertiary/aromatic N) is 4. The Morgan fingerprint density at radius 1 is 1.21 bits per heavy atom. The Morgan fingerprint density at radius 3 is 2.62 bits per heavy atom. The van der Waals surface area contributed by atoms with Crippen LogP contribution in [0.5, 0.6) is 0 Å². The monoisotopic (exact) mass is 461 g/mol. The molecule has 0 unspecified atom stereocenters. The van der Waals surface area contributed by atoms with E-state index >= 15 is 0 Å². The number of carbonyl (C=O) groups excluding carboxylic acids is 1. The SMILES string of the molecule is N#CC(=C(O)COC(=O)c1ccc(N2CCCCCC2)c([N+](=O)[O-])c1)c1nc2ccccc2[nH]1. The maximum atomic E-state index is 12.6. The van der Waals surface area contributed by atoms with Gasteiger partial charge in [-0.3, -0.25) is 10.1 Å². The fourth-order valence-electron chi connectivity index (χ4n) is 3.99. The Bertz CT molecular complexity index is 1270. The molecular weight excluding hydrogens is 438 g/mol. The van der Waals surface area contributed by atoms with E-state index in [1.54, 1.807) is 30.3 Å². The molecular formula is C24H23N5O5. The number of nitro benzene ring substituents is 1. The molecule has 0 atom stereocenters. The van der Waals surface area contributed by atoms with E-state index in [9.17, 15) is 25.3 Å². The number of rotatable bonds is 6. The molecule has 0 saturated carbocycles. The number of anilines is 1. The number of esters is 1. The molecule has 1 aromatic heterocycles. The standard InChI is InChI=1S/C24H23N5O5/c25-14-17(23-26-18-7-3-4-8-19(18)27-23)22(30)15-34-24(31)16-9-10-20(21(13-16)29(32)33)28-11-5-1-2-6-12-28/h3-4,7-10,13,30H,1-2,5-6,11-12,15H2,(H,26,27). The zero-order chi connectivity index (χ0) is 24.1. The fraction of sp³-hybridized carbons (Fsp3) is 0.292. The van der Waals surface area contributed by atoms with Gasteiger partial charge in [-0.15, -0.1) is 0 Å². The topological polar surface area (TPSA) is 145 Å². The third-order valence-electron chi connectivity index (χ3n) is 5.72. The average Bonchev–Trinajstić information content (AvgIpc) is 3.07. The van der Waals surface area contributed by atoms with E-state index in [0.29, 0.717) is 16.7 Å².